The molecule has 0 radical (unpaired) electrons. The van der Waals surface area contributed by atoms with Crippen molar-refractivity contribution in [3.05, 3.63) is 11.6 Å². The van der Waals surface area contributed by atoms with Crippen molar-refractivity contribution in [3.8, 4) is 0 Å². The van der Waals surface area contributed by atoms with Crippen LogP contribution in [0.4, 0.5) is 0 Å². The van der Waals surface area contributed by atoms with Crippen molar-refractivity contribution in [1.29, 1.82) is 0 Å². The maximum atomic E-state index is 10.2. The Morgan fingerprint density at radius 2 is 2.30 bits per heavy atom. The van der Waals surface area contributed by atoms with Gasteiger partial charge in [-0.25, -0.2) is 4.79 Å². The van der Waals surface area contributed by atoms with Gasteiger partial charge in [-0.1, -0.05) is 6.08 Å². The van der Waals surface area contributed by atoms with Gasteiger partial charge < -0.3 is 5.11 Å². The van der Waals surface area contributed by atoms with Crippen LogP contribution in [0.15, 0.2) is 11.6 Å². The lowest BCUT2D eigenvalue weighted by Gasteiger charge is -1.91. The second kappa shape index (κ2) is 5.35. The summed E-state index contributed by atoms with van der Waals surface area (Å²) in [5, 5.41) is 8.41. The topological polar surface area (TPSA) is 37.3 Å². The molecule has 0 spiro atoms. The molecule has 0 aromatic heterocycles. The molecule has 0 amide bonds. The SMILES string of the molecule is CSCC/C=C(\C)C(=O)O. The van der Waals surface area contributed by atoms with Crippen LogP contribution in [0.1, 0.15) is 13.3 Å². The Hall–Kier alpha value is -0.440. The first-order chi connectivity index (χ1) is 4.68. The fourth-order valence-electron chi connectivity index (χ4n) is 0.481. The van der Waals surface area contributed by atoms with Gasteiger partial charge in [-0.15, -0.1) is 0 Å². The molecule has 0 aliphatic carbocycles. The highest BCUT2D eigenvalue weighted by molar-refractivity contribution is 7.98. The molecule has 0 saturated carbocycles. The highest BCUT2D eigenvalue weighted by atomic mass is 32.2. The maximum absolute atomic E-state index is 10.2. The number of rotatable bonds is 4. The number of allylic oxidation sites excluding steroid dienone is 1. The number of carboxylic acids is 1. The third kappa shape index (κ3) is 4.44. The lowest BCUT2D eigenvalue weighted by molar-refractivity contribution is -0.132. The molecule has 58 valence electrons. The third-order valence-corrected chi connectivity index (χ3v) is 1.75. The standard InChI is InChI=1S/C7H12O2S/c1-6(7(8)9)4-3-5-10-2/h4H,3,5H2,1-2H3,(H,8,9)/b6-4+. The molecule has 0 unspecified atom stereocenters. The highest BCUT2D eigenvalue weighted by Gasteiger charge is 1.96. The van der Waals surface area contributed by atoms with Crippen molar-refractivity contribution >= 4 is 17.7 Å². The molecule has 10 heavy (non-hydrogen) atoms. The number of carboxylic acid groups (broad SMARTS) is 1. The predicted molar refractivity (Wildman–Crippen MR) is 44.4 cm³/mol. The van der Waals surface area contributed by atoms with Crippen LogP contribution in [-0.2, 0) is 4.79 Å². The molecule has 0 aliphatic rings. The molecule has 0 rings (SSSR count). The van der Waals surface area contributed by atoms with Gasteiger partial charge in [0.15, 0.2) is 0 Å². The molecule has 0 bridgehead atoms. The number of hydrogen-bond donors (Lipinski definition) is 1. The average molecular weight is 160 g/mol. The Bertz CT molecular complexity index is 141. The molecule has 0 saturated heterocycles. The second-order valence-corrected chi connectivity index (χ2v) is 2.96. The lowest BCUT2D eigenvalue weighted by atomic mass is 10.2. The second-order valence-electron chi connectivity index (χ2n) is 1.97. The summed E-state index contributed by atoms with van der Waals surface area (Å²) in [5.74, 6) is 0.172. The van der Waals surface area contributed by atoms with Crippen molar-refractivity contribution in [2.45, 2.75) is 13.3 Å². The molecule has 0 aliphatic heterocycles. The van der Waals surface area contributed by atoms with Gasteiger partial charge in [0.1, 0.15) is 0 Å². The molecule has 0 atom stereocenters. The van der Waals surface area contributed by atoms with E-state index in [4.69, 9.17) is 5.11 Å². The van der Waals surface area contributed by atoms with Crippen LogP contribution in [-0.4, -0.2) is 23.1 Å². The number of carbonyl (C=O) groups is 1. The smallest absolute Gasteiger partial charge is 0.330 e. The molecule has 1 N–H and O–H groups in total. The minimum absolute atomic E-state index is 0.439. The summed E-state index contributed by atoms with van der Waals surface area (Å²) in [5.41, 5.74) is 0.439. The lowest BCUT2D eigenvalue weighted by Crippen LogP contribution is -1.95. The van der Waals surface area contributed by atoms with E-state index in [1.165, 1.54) is 0 Å². The van der Waals surface area contributed by atoms with Crippen LogP contribution in [0.25, 0.3) is 0 Å². The average Bonchev–Trinajstić information content (AvgIpc) is 1.88. The third-order valence-electron chi connectivity index (χ3n) is 1.11. The van der Waals surface area contributed by atoms with E-state index >= 15 is 0 Å². The minimum atomic E-state index is -0.818. The quantitative estimate of drug-likeness (QED) is 0.503. The zero-order chi connectivity index (χ0) is 7.98. The molecular formula is C7H12O2S. The van der Waals surface area contributed by atoms with Crippen molar-refractivity contribution in [2.24, 2.45) is 0 Å². The predicted octanol–water partition coefficient (Wildman–Crippen LogP) is 1.77. The van der Waals surface area contributed by atoms with E-state index in [0.29, 0.717) is 5.57 Å². The summed E-state index contributed by atoms with van der Waals surface area (Å²) in [6.45, 7) is 1.61. The summed E-state index contributed by atoms with van der Waals surface area (Å²) >= 11 is 1.72. The normalized spacial score (nSPS) is 11.6. The van der Waals surface area contributed by atoms with E-state index in [2.05, 4.69) is 0 Å². The molecule has 0 fully saturated rings. The van der Waals surface area contributed by atoms with Crippen LogP contribution in [0.5, 0.6) is 0 Å². The Morgan fingerprint density at radius 3 is 2.70 bits per heavy atom. The Morgan fingerprint density at radius 1 is 1.70 bits per heavy atom. The number of aliphatic carboxylic acids is 1. The monoisotopic (exact) mass is 160 g/mol. The van der Waals surface area contributed by atoms with Crippen LogP contribution in [0.3, 0.4) is 0 Å². The van der Waals surface area contributed by atoms with Crippen LogP contribution in [0.2, 0.25) is 0 Å². The number of thioether (sulfide) groups is 1. The van der Waals surface area contributed by atoms with Gasteiger partial charge in [0.05, 0.1) is 0 Å². The van der Waals surface area contributed by atoms with Gasteiger partial charge in [0, 0.05) is 5.57 Å². The number of hydrogen-bond acceptors (Lipinski definition) is 2. The van der Waals surface area contributed by atoms with Gasteiger partial charge in [-0.3, -0.25) is 0 Å². The van der Waals surface area contributed by atoms with Gasteiger partial charge in [-0.2, -0.15) is 11.8 Å². The zero-order valence-corrected chi connectivity index (χ0v) is 7.07. The Labute approximate surface area is 65.3 Å². The zero-order valence-electron chi connectivity index (χ0n) is 6.26. The maximum Gasteiger partial charge on any atom is 0.330 e. The van der Waals surface area contributed by atoms with E-state index in [-0.39, 0.29) is 0 Å². The summed E-state index contributed by atoms with van der Waals surface area (Å²) in [4.78, 5) is 10.2. The van der Waals surface area contributed by atoms with E-state index in [0.717, 1.165) is 12.2 Å². The molecule has 0 aromatic rings. The van der Waals surface area contributed by atoms with Crippen LogP contribution < -0.4 is 0 Å². The summed E-state index contributed by atoms with van der Waals surface area (Å²) in [7, 11) is 0. The molecule has 2 nitrogen and oxygen atoms in total. The van der Waals surface area contributed by atoms with Gasteiger partial charge in [-0.05, 0) is 25.4 Å². The van der Waals surface area contributed by atoms with E-state index in [1.54, 1.807) is 24.8 Å². The highest BCUT2D eigenvalue weighted by Crippen LogP contribution is 2.00. The van der Waals surface area contributed by atoms with Crippen molar-refractivity contribution in [3.63, 3.8) is 0 Å². The fraction of sp³-hybridized carbons (Fsp3) is 0.571. The Balaban J connectivity index is 3.58. The van der Waals surface area contributed by atoms with Gasteiger partial charge in [0.2, 0.25) is 0 Å². The Kier molecular flexibility index (Phi) is 5.12. The largest absolute Gasteiger partial charge is 0.478 e. The summed E-state index contributed by atoms with van der Waals surface area (Å²) in [6, 6.07) is 0. The molecular weight excluding hydrogens is 148 g/mol. The van der Waals surface area contributed by atoms with Gasteiger partial charge in [0.25, 0.3) is 0 Å². The fourth-order valence-corrected chi connectivity index (χ4v) is 0.834. The van der Waals surface area contributed by atoms with Gasteiger partial charge >= 0.3 is 5.97 Å². The van der Waals surface area contributed by atoms with E-state index < -0.39 is 5.97 Å². The molecule has 0 heterocycles. The first kappa shape index (κ1) is 9.56. The van der Waals surface area contributed by atoms with E-state index in [9.17, 15) is 4.79 Å². The summed E-state index contributed by atoms with van der Waals surface area (Å²) in [6.07, 6.45) is 4.60. The molecule has 0 aromatic carbocycles. The van der Waals surface area contributed by atoms with Crippen molar-refractivity contribution in [1.82, 2.24) is 0 Å². The van der Waals surface area contributed by atoms with Crippen LogP contribution in [0, 0.1) is 0 Å². The first-order valence-corrected chi connectivity index (χ1v) is 4.47. The van der Waals surface area contributed by atoms with Crippen LogP contribution >= 0.6 is 11.8 Å². The summed E-state index contributed by atoms with van der Waals surface area (Å²) < 4.78 is 0. The van der Waals surface area contributed by atoms with E-state index in [1.807, 2.05) is 6.26 Å². The minimum Gasteiger partial charge on any atom is -0.478 e. The molecule has 3 heteroatoms. The van der Waals surface area contributed by atoms with Crippen molar-refractivity contribution in [2.75, 3.05) is 12.0 Å². The van der Waals surface area contributed by atoms with Crippen molar-refractivity contribution < 1.29 is 9.90 Å². The first-order valence-electron chi connectivity index (χ1n) is 3.07.